The molecule has 0 radical (unpaired) electrons. The molecule has 1 N–H and O–H groups in total. The third kappa shape index (κ3) is 4.82. The zero-order chi connectivity index (χ0) is 26.4. The number of nitrogens with zero attached hydrogens (tertiary/aromatic N) is 6. The largest absolute Gasteiger partial charge is 0.371 e. The number of para-hydroxylation sites is 1. The molecule has 1 aliphatic carbocycles. The number of likely N-dealkylation sites (tertiary alicyclic amines) is 1. The normalized spacial score (nSPS) is 19.6. The number of benzene rings is 2. The van der Waals surface area contributed by atoms with Gasteiger partial charge < -0.3 is 15.1 Å². The monoisotopic (exact) mass is 523 g/mol. The molecule has 7 rings (SSSR count). The molecule has 2 aliphatic heterocycles. The summed E-state index contributed by atoms with van der Waals surface area (Å²) in [7, 11) is 2.24. The Balaban J connectivity index is 1.10. The summed E-state index contributed by atoms with van der Waals surface area (Å²) >= 11 is 0. The van der Waals surface area contributed by atoms with Crippen molar-refractivity contribution in [3.05, 3.63) is 71.1 Å². The average Bonchev–Trinajstić information content (AvgIpc) is 3.76. The van der Waals surface area contributed by atoms with Crippen LogP contribution in [0.1, 0.15) is 38.5 Å². The second kappa shape index (κ2) is 9.83. The molecule has 39 heavy (non-hydrogen) atoms. The van der Waals surface area contributed by atoms with Crippen LogP contribution in [0, 0.1) is 11.3 Å². The Kier molecular flexibility index (Phi) is 6.15. The van der Waals surface area contributed by atoms with E-state index in [0.717, 1.165) is 24.5 Å². The Morgan fingerprint density at radius 3 is 2.28 bits per heavy atom. The van der Waals surface area contributed by atoms with Crippen LogP contribution in [0.15, 0.2) is 65.6 Å². The highest BCUT2D eigenvalue weighted by molar-refractivity contribution is 5.77. The quantitative estimate of drug-likeness (QED) is 0.382. The minimum atomic E-state index is -0.0276. The van der Waals surface area contributed by atoms with Gasteiger partial charge in [-0.25, -0.2) is 14.3 Å². The lowest BCUT2D eigenvalue weighted by Gasteiger charge is -2.46. The number of hydrogen-bond acceptors (Lipinski definition) is 6. The van der Waals surface area contributed by atoms with Gasteiger partial charge in [0.15, 0.2) is 5.65 Å². The van der Waals surface area contributed by atoms with Gasteiger partial charge in [0.2, 0.25) is 5.95 Å². The molecule has 0 unspecified atom stereocenters. The highest BCUT2D eigenvalue weighted by Crippen LogP contribution is 2.42. The molecule has 2 aromatic carbocycles. The van der Waals surface area contributed by atoms with Crippen molar-refractivity contribution in [2.24, 2.45) is 11.3 Å². The fourth-order valence-electron chi connectivity index (χ4n) is 6.35. The van der Waals surface area contributed by atoms with Gasteiger partial charge in [-0.3, -0.25) is 4.79 Å². The van der Waals surface area contributed by atoms with E-state index >= 15 is 0 Å². The predicted octanol–water partition coefficient (Wildman–Crippen LogP) is 5.05. The lowest BCUT2D eigenvalue weighted by atomic mass is 9.71. The molecule has 0 bridgehead atoms. The first kappa shape index (κ1) is 24.4. The maximum atomic E-state index is 13.3. The number of fused-ring (bicyclic) bond motifs is 1. The number of nitrogens with one attached hydrogen (secondary N) is 1. The fourth-order valence-corrected chi connectivity index (χ4v) is 6.35. The molecule has 3 aliphatic rings. The van der Waals surface area contributed by atoms with Gasteiger partial charge >= 0.3 is 0 Å². The van der Waals surface area contributed by atoms with Gasteiger partial charge in [-0.1, -0.05) is 18.2 Å². The first-order chi connectivity index (χ1) is 19.1. The molecule has 0 atom stereocenters. The van der Waals surface area contributed by atoms with E-state index in [4.69, 9.17) is 4.98 Å². The highest BCUT2D eigenvalue weighted by Gasteiger charge is 2.36. The summed E-state index contributed by atoms with van der Waals surface area (Å²) in [5.74, 6) is 1.05. The molecule has 0 amide bonds. The average molecular weight is 524 g/mol. The summed E-state index contributed by atoms with van der Waals surface area (Å²) in [6.07, 6.45) is 9.27. The summed E-state index contributed by atoms with van der Waals surface area (Å²) in [6, 6.07) is 18.6. The van der Waals surface area contributed by atoms with Gasteiger partial charge in [0, 0.05) is 37.2 Å². The van der Waals surface area contributed by atoms with Gasteiger partial charge in [-0.05, 0) is 106 Å². The number of piperidine rings is 2. The van der Waals surface area contributed by atoms with Crippen LogP contribution in [-0.4, -0.2) is 57.5 Å². The molecule has 2 saturated heterocycles. The molecule has 202 valence electrons. The highest BCUT2D eigenvalue weighted by atomic mass is 16.1. The first-order valence-electron chi connectivity index (χ1n) is 14.4. The van der Waals surface area contributed by atoms with Crippen LogP contribution in [0.5, 0.6) is 0 Å². The molecule has 1 saturated carbocycles. The Morgan fingerprint density at radius 2 is 1.59 bits per heavy atom. The van der Waals surface area contributed by atoms with E-state index in [2.05, 4.69) is 51.4 Å². The third-order valence-electron chi connectivity index (χ3n) is 9.16. The van der Waals surface area contributed by atoms with Gasteiger partial charge in [0.25, 0.3) is 5.56 Å². The second-order valence-electron chi connectivity index (χ2n) is 11.9. The summed E-state index contributed by atoms with van der Waals surface area (Å²) in [4.78, 5) is 27.6. The van der Waals surface area contributed by atoms with Crippen LogP contribution in [0.25, 0.3) is 16.7 Å². The van der Waals surface area contributed by atoms with Crippen LogP contribution >= 0.6 is 0 Å². The van der Waals surface area contributed by atoms with E-state index in [1.807, 2.05) is 39.7 Å². The van der Waals surface area contributed by atoms with Crippen molar-refractivity contribution in [3.8, 4) is 5.69 Å². The van der Waals surface area contributed by atoms with Gasteiger partial charge in [0.1, 0.15) is 5.39 Å². The molecule has 8 nitrogen and oxygen atoms in total. The van der Waals surface area contributed by atoms with Gasteiger partial charge in [-0.2, -0.15) is 4.98 Å². The lowest BCUT2D eigenvalue weighted by Crippen LogP contribution is -2.46. The minimum Gasteiger partial charge on any atom is -0.371 e. The van der Waals surface area contributed by atoms with E-state index in [9.17, 15) is 4.79 Å². The van der Waals surface area contributed by atoms with E-state index in [1.54, 1.807) is 6.20 Å². The van der Waals surface area contributed by atoms with Crippen molar-refractivity contribution < 1.29 is 0 Å². The molecule has 3 fully saturated rings. The molecule has 4 aromatic rings. The van der Waals surface area contributed by atoms with E-state index < -0.39 is 0 Å². The molecule has 2 aromatic heterocycles. The number of anilines is 3. The van der Waals surface area contributed by atoms with Crippen molar-refractivity contribution >= 4 is 28.4 Å². The molecule has 1 spiro atoms. The van der Waals surface area contributed by atoms with E-state index in [1.165, 1.54) is 57.3 Å². The summed E-state index contributed by atoms with van der Waals surface area (Å²) < 4.78 is 3.79. The van der Waals surface area contributed by atoms with Crippen molar-refractivity contribution in [2.45, 2.75) is 45.1 Å². The molecule has 8 heteroatoms. The van der Waals surface area contributed by atoms with Crippen molar-refractivity contribution in [3.63, 3.8) is 0 Å². The summed E-state index contributed by atoms with van der Waals surface area (Å²) in [5, 5.41) is 3.92. The number of rotatable bonds is 6. The lowest BCUT2D eigenvalue weighted by molar-refractivity contribution is 0.0945. The van der Waals surface area contributed by atoms with Crippen LogP contribution in [0.2, 0.25) is 0 Å². The first-order valence-corrected chi connectivity index (χ1v) is 14.4. The van der Waals surface area contributed by atoms with E-state index in [0.29, 0.717) is 34.9 Å². The van der Waals surface area contributed by atoms with Crippen molar-refractivity contribution in [1.29, 1.82) is 0 Å². The van der Waals surface area contributed by atoms with Crippen LogP contribution in [-0.2, 0) is 6.54 Å². The standard InChI is InChI=1S/C31H37N7O/c1-35-17-13-31(14-18-35)15-19-36(20-16-31)25-11-9-24(10-12-25)33-30-32-21-27-28(34-30)38(26-5-3-2-4-6-26)37(29(27)39)22-23-7-8-23/h2-6,9-12,21,23H,7-8,13-20,22H2,1H3,(H,32,33,34). The van der Waals surface area contributed by atoms with E-state index in [-0.39, 0.29) is 5.56 Å². The van der Waals surface area contributed by atoms with Gasteiger partial charge in [0.05, 0.1) is 5.69 Å². The number of hydrogen-bond donors (Lipinski definition) is 1. The minimum absolute atomic E-state index is 0.0276. The smallest absolute Gasteiger partial charge is 0.278 e. The Bertz CT molecular complexity index is 1500. The maximum Gasteiger partial charge on any atom is 0.278 e. The SMILES string of the molecule is CN1CCC2(CC1)CCN(c1ccc(Nc3ncc4c(=O)n(CC5CC5)n(-c5ccccc5)c4n3)cc1)CC2. The zero-order valence-electron chi connectivity index (χ0n) is 22.7. The Labute approximate surface area is 229 Å². The molecular formula is C31H37N7O. The topological polar surface area (TPSA) is 71.2 Å². The summed E-state index contributed by atoms with van der Waals surface area (Å²) in [6.45, 7) is 5.45. The van der Waals surface area contributed by atoms with Crippen LogP contribution in [0.4, 0.5) is 17.3 Å². The Hall–Kier alpha value is -3.65. The Morgan fingerprint density at radius 1 is 0.897 bits per heavy atom. The maximum absolute atomic E-state index is 13.3. The second-order valence-corrected chi connectivity index (χ2v) is 11.9. The van der Waals surface area contributed by atoms with Crippen molar-refractivity contribution in [2.75, 3.05) is 43.4 Å². The van der Waals surface area contributed by atoms with Crippen molar-refractivity contribution in [1.82, 2.24) is 24.2 Å². The summed E-state index contributed by atoms with van der Waals surface area (Å²) in [5.41, 5.74) is 4.31. The fraction of sp³-hybridized carbons (Fsp3) is 0.452. The zero-order valence-corrected chi connectivity index (χ0v) is 22.7. The molecule has 4 heterocycles. The van der Waals surface area contributed by atoms with Crippen LogP contribution in [0.3, 0.4) is 0 Å². The molecular weight excluding hydrogens is 486 g/mol. The van der Waals surface area contributed by atoms with Gasteiger partial charge in [-0.15, -0.1) is 0 Å². The van der Waals surface area contributed by atoms with Crippen LogP contribution < -0.4 is 15.8 Å². The number of aromatic nitrogens is 4. The predicted molar refractivity (Wildman–Crippen MR) is 156 cm³/mol. The third-order valence-corrected chi connectivity index (χ3v) is 9.16.